The quantitative estimate of drug-likeness (QED) is 0.247. The molecule has 0 fully saturated rings. The van der Waals surface area contributed by atoms with E-state index in [1.807, 2.05) is 20.8 Å². The summed E-state index contributed by atoms with van der Waals surface area (Å²) in [6.07, 6.45) is 0.996. The average molecular weight is 618 g/mol. The normalized spacial score (nSPS) is 12.7. The van der Waals surface area contributed by atoms with Crippen LogP contribution in [0.25, 0.3) is 0 Å². The van der Waals surface area contributed by atoms with Gasteiger partial charge in [-0.2, -0.15) is 0 Å². The maximum atomic E-state index is 14.1. The SMILES string of the molecule is CCOc1ccc(S(=O)(=O)N(CC(=O)N(Cc2ccc(Cl)cc2)[C@H](CC)C(=O)N[C@H](C)CC)c2ccc(F)cc2)cc1. The van der Waals surface area contributed by atoms with Crippen LogP contribution in [0.5, 0.6) is 5.75 Å². The fraction of sp³-hybridized carbons (Fsp3) is 0.355. The van der Waals surface area contributed by atoms with E-state index in [4.69, 9.17) is 16.3 Å². The van der Waals surface area contributed by atoms with Crippen LogP contribution in [-0.2, 0) is 26.2 Å². The zero-order valence-corrected chi connectivity index (χ0v) is 25.8. The van der Waals surface area contributed by atoms with Gasteiger partial charge >= 0.3 is 0 Å². The topological polar surface area (TPSA) is 96.0 Å². The molecule has 2 amide bonds. The molecule has 0 aromatic heterocycles. The number of nitrogens with one attached hydrogen (secondary N) is 1. The number of sulfonamides is 1. The van der Waals surface area contributed by atoms with Crippen LogP contribution in [-0.4, -0.2) is 50.4 Å². The number of nitrogens with zero attached hydrogens (tertiary/aromatic N) is 2. The number of hydrogen-bond acceptors (Lipinski definition) is 5. The highest BCUT2D eigenvalue weighted by Gasteiger charge is 2.34. The molecular weight excluding hydrogens is 581 g/mol. The van der Waals surface area contributed by atoms with Crippen molar-refractivity contribution in [2.24, 2.45) is 0 Å². The maximum absolute atomic E-state index is 14.1. The minimum atomic E-state index is -4.29. The Hall–Kier alpha value is -3.63. The van der Waals surface area contributed by atoms with Gasteiger partial charge in [0, 0.05) is 17.6 Å². The van der Waals surface area contributed by atoms with Gasteiger partial charge < -0.3 is 15.0 Å². The molecule has 2 atom stereocenters. The van der Waals surface area contributed by atoms with Gasteiger partial charge in [0.25, 0.3) is 10.0 Å². The first-order chi connectivity index (χ1) is 20.0. The molecule has 0 radical (unpaired) electrons. The molecule has 0 heterocycles. The van der Waals surface area contributed by atoms with E-state index < -0.39 is 34.3 Å². The van der Waals surface area contributed by atoms with Crippen LogP contribution in [0.1, 0.15) is 46.1 Å². The second-order valence-electron chi connectivity index (χ2n) is 9.78. The van der Waals surface area contributed by atoms with Crippen molar-refractivity contribution in [1.82, 2.24) is 10.2 Å². The van der Waals surface area contributed by atoms with Crippen molar-refractivity contribution in [3.63, 3.8) is 0 Å². The van der Waals surface area contributed by atoms with E-state index in [9.17, 15) is 22.4 Å². The van der Waals surface area contributed by atoms with Crippen LogP contribution in [0.15, 0.2) is 77.7 Å². The molecule has 0 saturated carbocycles. The highest BCUT2D eigenvalue weighted by molar-refractivity contribution is 7.92. The molecule has 11 heteroatoms. The van der Waals surface area contributed by atoms with Crippen LogP contribution < -0.4 is 14.4 Å². The van der Waals surface area contributed by atoms with Gasteiger partial charge in [-0.15, -0.1) is 0 Å². The summed E-state index contributed by atoms with van der Waals surface area (Å²) < 4.78 is 48.0. The van der Waals surface area contributed by atoms with Gasteiger partial charge in [-0.25, -0.2) is 12.8 Å². The number of anilines is 1. The van der Waals surface area contributed by atoms with Gasteiger partial charge in [0.05, 0.1) is 17.2 Å². The minimum absolute atomic E-state index is 0.0444. The second kappa shape index (κ2) is 15.0. The molecule has 3 aromatic rings. The van der Waals surface area contributed by atoms with Crippen LogP contribution in [0.3, 0.4) is 0 Å². The van der Waals surface area contributed by atoms with Crippen LogP contribution in [0, 0.1) is 5.82 Å². The number of rotatable bonds is 14. The Morgan fingerprint density at radius 3 is 2.10 bits per heavy atom. The van der Waals surface area contributed by atoms with E-state index >= 15 is 0 Å². The van der Waals surface area contributed by atoms with Gasteiger partial charge in [0.15, 0.2) is 0 Å². The lowest BCUT2D eigenvalue weighted by atomic mass is 10.1. The Labute approximate surface area is 252 Å². The summed E-state index contributed by atoms with van der Waals surface area (Å²) in [6.45, 7) is 7.25. The molecule has 8 nitrogen and oxygen atoms in total. The van der Waals surface area contributed by atoms with Crippen molar-refractivity contribution in [1.29, 1.82) is 0 Å². The third kappa shape index (κ3) is 8.45. The number of benzene rings is 3. The van der Waals surface area contributed by atoms with Gasteiger partial charge in [0.2, 0.25) is 11.8 Å². The van der Waals surface area contributed by atoms with Gasteiger partial charge in [0.1, 0.15) is 24.2 Å². The lowest BCUT2D eigenvalue weighted by Crippen LogP contribution is -2.53. The van der Waals surface area contributed by atoms with Gasteiger partial charge in [-0.1, -0.05) is 37.6 Å². The molecule has 0 aliphatic heterocycles. The molecule has 0 aliphatic rings. The summed E-state index contributed by atoms with van der Waals surface area (Å²) in [5.41, 5.74) is 0.812. The summed E-state index contributed by atoms with van der Waals surface area (Å²) in [4.78, 5) is 28.7. The van der Waals surface area contributed by atoms with E-state index in [0.717, 1.165) is 16.4 Å². The molecule has 0 unspecified atom stereocenters. The summed E-state index contributed by atoms with van der Waals surface area (Å²) in [7, 11) is -4.29. The van der Waals surface area contributed by atoms with Gasteiger partial charge in [-0.3, -0.25) is 13.9 Å². The number of hydrogen-bond donors (Lipinski definition) is 1. The summed E-state index contributed by atoms with van der Waals surface area (Å²) in [6, 6.07) is 16.6. The lowest BCUT2D eigenvalue weighted by Gasteiger charge is -2.33. The van der Waals surface area contributed by atoms with E-state index in [1.165, 1.54) is 41.3 Å². The van der Waals surface area contributed by atoms with Crippen molar-refractivity contribution in [3.8, 4) is 5.75 Å². The summed E-state index contributed by atoms with van der Waals surface area (Å²) in [5, 5.41) is 3.45. The smallest absolute Gasteiger partial charge is 0.264 e. The summed E-state index contributed by atoms with van der Waals surface area (Å²) >= 11 is 6.06. The number of carbonyl (C=O) groups excluding carboxylic acids is 2. The minimum Gasteiger partial charge on any atom is -0.494 e. The number of amides is 2. The maximum Gasteiger partial charge on any atom is 0.264 e. The van der Waals surface area contributed by atoms with Crippen molar-refractivity contribution in [2.45, 2.75) is 64.1 Å². The van der Waals surface area contributed by atoms with Gasteiger partial charge in [-0.05, 0) is 92.9 Å². The Morgan fingerprint density at radius 1 is 0.929 bits per heavy atom. The van der Waals surface area contributed by atoms with E-state index in [1.54, 1.807) is 31.2 Å². The molecule has 0 bridgehead atoms. The standard InChI is InChI=1S/C31H37ClFN3O5S/c1-5-22(4)34-31(38)29(6-2)35(20-23-8-10-24(32)11-9-23)30(37)21-36(26-14-12-25(33)13-15-26)42(39,40)28-18-16-27(17-19-28)41-7-3/h8-19,22,29H,5-7,20-21H2,1-4H3,(H,34,38)/t22-,29-/m1/s1. The monoisotopic (exact) mass is 617 g/mol. The van der Waals surface area contributed by atoms with Crippen molar-refractivity contribution in [3.05, 3.63) is 89.2 Å². The Kier molecular flexibility index (Phi) is 11.8. The first-order valence-electron chi connectivity index (χ1n) is 13.9. The molecule has 0 spiro atoms. The number of halogens is 2. The number of ether oxygens (including phenoxy) is 1. The highest BCUT2D eigenvalue weighted by atomic mass is 35.5. The third-order valence-electron chi connectivity index (χ3n) is 6.77. The molecule has 3 rings (SSSR count). The van der Waals surface area contributed by atoms with E-state index in [0.29, 0.717) is 35.8 Å². The Bertz CT molecular complexity index is 1430. The molecule has 1 N–H and O–H groups in total. The predicted octanol–water partition coefficient (Wildman–Crippen LogP) is 5.80. The van der Waals surface area contributed by atoms with Crippen molar-refractivity contribution < 1.29 is 27.1 Å². The molecule has 0 aliphatic carbocycles. The first kappa shape index (κ1) is 32.9. The van der Waals surface area contributed by atoms with E-state index in [-0.39, 0.29) is 29.1 Å². The van der Waals surface area contributed by atoms with Crippen molar-refractivity contribution in [2.75, 3.05) is 17.5 Å². The van der Waals surface area contributed by atoms with Crippen LogP contribution in [0.4, 0.5) is 10.1 Å². The lowest BCUT2D eigenvalue weighted by molar-refractivity contribution is -0.140. The van der Waals surface area contributed by atoms with Crippen molar-refractivity contribution >= 4 is 39.1 Å². The molecule has 226 valence electrons. The first-order valence-corrected chi connectivity index (χ1v) is 15.7. The Balaban J connectivity index is 2.04. The third-order valence-corrected chi connectivity index (χ3v) is 8.81. The molecular formula is C31H37ClFN3O5S. The van der Waals surface area contributed by atoms with Crippen LogP contribution >= 0.6 is 11.6 Å². The predicted molar refractivity (Wildman–Crippen MR) is 163 cm³/mol. The zero-order chi connectivity index (χ0) is 30.9. The number of carbonyl (C=O) groups is 2. The molecule has 0 saturated heterocycles. The fourth-order valence-electron chi connectivity index (χ4n) is 4.28. The molecule has 42 heavy (non-hydrogen) atoms. The molecule has 3 aromatic carbocycles. The Morgan fingerprint density at radius 2 is 1.55 bits per heavy atom. The summed E-state index contributed by atoms with van der Waals surface area (Å²) in [5.74, 6) is -1.000. The highest BCUT2D eigenvalue weighted by Crippen LogP contribution is 2.26. The van der Waals surface area contributed by atoms with Crippen LogP contribution in [0.2, 0.25) is 5.02 Å². The second-order valence-corrected chi connectivity index (χ2v) is 12.1. The largest absolute Gasteiger partial charge is 0.494 e. The fourth-order valence-corrected chi connectivity index (χ4v) is 5.83. The zero-order valence-electron chi connectivity index (χ0n) is 24.2. The average Bonchev–Trinajstić information content (AvgIpc) is 2.97. The van der Waals surface area contributed by atoms with E-state index in [2.05, 4.69) is 5.32 Å².